The van der Waals surface area contributed by atoms with Crippen molar-refractivity contribution in [3.05, 3.63) is 6.20 Å². The number of anilines is 1. The van der Waals surface area contributed by atoms with Crippen LogP contribution < -0.4 is 10.5 Å². The zero-order chi connectivity index (χ0) is 14.6. The first-order chi connectivity index (χ1) is 9.77. The van der Waals surface area contributed by atoms with Crippen molar-refractivity contribution >= 4 is 5.69 Å². The number of hydrogen-bond donors (Lipinski definition) is 2. The van der Waals surface area contributed by atoms with Crippen molar-refractivity contribution in [3.63, 3.8) is 0 Å². The summed E-state index contributed by atoms with van der Waals surface area (Å²) in [6, 6.07) is 0. The van der Waals surface area contributed by atoms with E-state index >= 15 is 0 Å². The molecule has 0 saturated carbocycles. The highest BCUT2D eigenvalue weighted by atomic mass is 16.5. The van der Waals surface area contributed by atoms with E-state index < -0.39 is 0 Å². The molecule has 0 aliphatic rings. The largest absolute Gasteiger partial charge is 0.478 e. The lowest BCUT2D eigenvalue weighted by atomic mass is 10.6. The van der Waals surface area contributed by atoms with Gasteiger partial charge in [0.1, 0.15) is 5.69 Å². The summed E-state index contributed by atoms with van der Waals surface area (Å²) >= 11 is 0. The van der Waals surface area contributed by atoms with Gasteiger partial charge in [-0.3, -0.25) is 4.68 Å². The number of aromatic nitrogens is 2. The molecular weight excluding hydrogens is 266 g/mol. The third kappa shape index (κ3) is 6.71. The van der Waals surface area contributed by atoms with Crippen molar-refractivity contribution in [2.45, 2.75) is 6.54 Å². The Morgan fingerprint density at radius 1 is 1.10 bits per heavy atom. The number of nitrogen functional groups attached to an aromatic ring is 1. The number of hydrogen-bond acceptors (Lipinski definition) is 7. The summed E-state index contributed by atoms with van der Waals surface area (Å²) in [6.07, 6.45) is 1.71. The molecule has 0 atom stereocenters. The van der Waals surface area contributed by atoms with Crippen molar-refractivity contribution in [3.8, 4) is 5.88 Å². The first kappa shape index (κ1) is 16.7. The van der Waals surface area contributed by atoms with Crippen molar-refractivity contribution in [1.29, 1.82) is 0 Å². The van der Waals surface area contributed by atoms with Crippen molar-refractivity contribution in [2.75, 3.05) is 59.1 Å². The van der Waals surface area contributed by atoms with Crippen LogP contribution in [0.3, 0.4) is 0 Å². The summed E-state index contributed by atoms with van der Waals surface area (Å²) in [5.41, 5.74) is 6.19. The molecule has 8 nitrogen and oxygen atoms in total. The van der Waals surface area contributed by atoms with Crippen molar-refractivity contribution in [2.24, 2.45) is 0 Å². The molecule has 20 heavy (non-hydrogen) atoms. The maximum Gasteiger partial charge on any atom is 0.256 e. The van der Waals surface area contributed by atoms with Gasteiger partial charge < -0.3 is 29.8 Å². The monoisotopic (exact) mass is 289 g/mol. The Kier molecular flexibility index (Phi) is 8.72. The van der Waals surface area contributed by atoms with Crippen LogP contribution in [-0.2, 0) is 20.8 Å². The van der Waals surface area contributed by atoms with Gasteiger partial charge in [0, 0.05) is 0 Å². The second-order valence-electron chi connectivity index (χ2n) is 3.92. The minimum Gasteiger partial charge on any atom is -0.478 e. The summed E-state index contributed by atoms with van der Waals surface area (Å²) in [5, 5.41) is 12.6. The summed E-state index contributed by atoms with van der Waals surface area (Å²) < 4.78 is 22.4. The van der Waals surface area contributed by atoms with Crippen LogP contribution in [0.1, 0.15) is 0 Å². The van der Waals surface area contributed by atoms with Gasteiger partial charge in [0.05, 0.1) is 66.1 Å². The molecule has 0 saturated heterocycles. The second kappa shape index (κ2) is 10.4. The maximum absolute atomic E-state index is 8.49. The fourth-order valence-corrected chi connectivity index (χ4v) is 1.46. The number of rotatable bonds is 12. The predicted octanol–water partition coefficient (Wildman–Crippen LogP) is -0.484. The Morgan fingerprint density at radius 2 is 1.70 bits per heavy atom. The molecule has 0 aliphatic carbocycles. The number of nitrogens with two attached hydrogens (primary N) is 1. The third-order valence-corrected chi connectivity index (χ3v) is 2.39. The Morgan fingerprint density at radius 3 is 2.25 bits per heavy atom. The fourth-order valence-electron chi connectivity index (χ4n) is 1.46. The molecule has 0 spiro atoms. The molecule has 0 aliphatic heterocycles. The first-order valence-corrected chi connectivity index (χ1v) is 6.49. The van der Waals surface area contributed by atoms with E-state index in [-0.39, 0.29) is 6.61 Å². The minimum atomic E-state index is 0.0336. The smallest absolute Gasteiger partial charge is 0.256 e. The highest BCUT2D eigenvalue weighted by Gasteiger charge is 2.04. The fraction of sp³-hybridized carbons (Fsp3) is 0.750. The number of aliphatic hydroxyl groups is 1. The van der Waals surface area contributed by atoms with Crippen LogP contribution in [-0.4, -0.2) is 68.2 Å². The zero-order valence-electron chi connectivity index (χ0n) is 11.8. The molecule has 1 heterocycles. The number of ether oxygens (including phenoxy) is 4. The zero-order valence-corrected chi connectivity index (χ0v) is 11.8. The highest BCUT2D eigenvalue weighted by molar-refractivity contribution is 5.45. The quantitative estimate of drug-likeness (QED) is 0.501. The van der Waals surface area contributed by atoms with Crippen LogP contribution in [0.15, 0.2) is 6.20 Å². The molecule has 0 fully saturated rings. The number of aliphatic hydroxyl groups excluding tert-OH is 1. The lowest BCUT2D eigenvalue weighted by Crippen LogP contribution is -2.13. The average molecular weight is 289 g/mol. The van der Waals surface area contributed by atoms with E-state index in [9.17, 15) is 0 Å². The molecule has 8 heteroatoms. The van der Waals surface area contributed by atoms with E-state index in [1.807, 2.05) is 0 Å². The van der Waals surface area contributed by atoms with Gasteiger partial charge in [0.2, 0.25) is 0 Å². The normalized spacial score (nSPS) is 10.9. The lowest BCUT2D eigenvalue weighted by molar-refractivity contribution is 0.00630. The maximum atomic E-state index is 8.49. The van der Waals surface area contributed by atoms with Gasteiger partial charge in [-0.1, -0.05) is 0 Å². The number of nitrogens with zero attached hydrogens (tertiary/aromatic N) is 2. The van der Waals surface area contributed by atoms with Crippen LogP contribution in [0.25, 0.3) is 0 Å². The van der Waals surface area contributed by atoms with Gasteiger partial charge in [-0.15, -0.1) is 5.10 Å². The Hall–Kier alpha value is -1.35. The average Bonchev–Trinajstić information content (AvgIpc) is 2.81. The van der Waals surface area contributed by atoms with E-state index in [0.717, 1.165) is 0 Å². The molecular formula is C12H23N3O5. The van der Waals surface area contributed by atoms with Crippen molar-refractivity contribution in [1.82, 2.24) is 9.78 Å². The van der Waals surface area contributed by atoms with Gasteiger partial charge in [-0.05, 0) is 0 Å². The molecule has 3 N–H and O–H groups in total. The topological polar surface area (TPSA) is 101 Å². The molecule has 0 bridgehead atoms. The van der Waals surface area contributed by atoms with E-state index in [0.29, 0.717) is 57.8 Å². The third-order valence-electron chi connectivity index (χ3n) is 2.39. The summed E-state index contributed by atoms with van der Waals surface area (Å²) in [4.78, 5) is 0. The van der Waals surface area contributed by atoms with Crippen LogP contribution in [0, 0.1) is 0 Å². The van der Waals surface area contributed by atoms with E-state index in [2.05, 4.69) is 5.10 Å². The van der Waals surface area contributed by atoms with Gasteiger partial charge in [0.15, 0.2) is 0 Å². The minimum absolute atomic E-state index is 0.0336. The molecule has 0 aromatic carbocycles. The van der Waals surface area contributed by atoms with E-state index in [4.69, 9.17) is 29.8 Å². The molecule has 1 rings (SSSR count). The first-order valence-electron chi connectivity index (χ1n) is 6.49. The Labute approximate surface area is 118 Å². The van der Waals surface area contributed by atoms with Crippen molar-refractivity contribution < 1.29 is 24.1 Å². The number of methoxy groups -OCH3 is 1. The van der Waals surface area contributed by atoms with Gasteiger partial charge in [0.25, 0.3) is 5.88 Å². The predicted molar refractivity (Wildman–Crippen MR) is 72.7 cm³/mol. The molecule has 1 aromatic rings. The van der Waals surface area contributed by atoms with E-state index in [1.165, 1.54) is 7.11 Å². The summed E-state index contributed by atoms with van der Waals surface area (Å²) in [7, 11) is 1.53. The highest BCUT2D eigenvalue weighted by Crippen LogP contribution is 2.16. The van der Waals surface area contributed by atoms with Crippen LogP contribution >= 0.6 is 0 Å². The summed E-state index contributed by atoms with van der Waals surface area (Å²) in [6.45, 7) is 3.49. The molecule has 1 aromatic heterocycles. The Bertz CT molecular complexity index is 359. The molecule has 0 radical (unpaired) electrons. The Balaban J connectivity index is 1.94. The van der Waals surface area contributed by atoms with Crippen LogP contribution in [0.5, 0.6) is 5.88 Å². The molecule has 0 unspecified atom stereocenters. The van der Waals surface area contributed by atoms with Gasteiger partial charge in [-0.2, -0.15) is 0 Å². The van der Waals surface area contributed by atoms with Crippen LogP contribution in [0.2, 0.25) is 0 Å². The van der Waals surface area contributed by atoms with Gasteiger partial charge >= 0.3 is 0 Å². The molecule has 116 valence electrons. The molecule has 0 amide bonds. The standard InChI is InChI=1S/C12H23N3O5/c1-17-12-11(13)10-15(14-12)2-4-18-6-8-20-9-7-19-5-3-16/h10,16H,2-9,13H2,1H3. The second-order valence-corrected chi connectivity index (χ2v) is 3.92. The lowest BCUT2D eigenvalue weighted by Gasteiger charge is -2.06. The SMILES string of the molecule is COc1nn(CCOCCOCCOCCO)cc1N. The van der Waals surface area contributed by atoms with E-state index in [1.54, 1.807) is 10.9 Å². The summed E-state index contributed by atoms with van der Waals surface area (Å²) in [5.74, 6) is 0.427. The van der Waals surface area contributed by atoms with Crippen LogP contribution in [0.4, 0.5) is 5.69 Å². The van der Waals surface area contributed by atoms with Gasteiger partial charge in [-0.25, -0.2) is 0 Å².